The van der Waals surface area contributed by atoms with Gasteiger partial charge in [0.25, 0.3) is 5.56 Å². The number of nitrogens with zero attached hydrogens (tertiary/aromatic N) is 3. The number of aryl methyl sites for hydroxylation is 3. The van der Waals surface area contributed by atoms with Gasteiger partial charge in [-0.05, 0) is 208 Å². The zero-order valence-corrected chi connectivity index (χ0v) is 66.1. The topological polar surface area (TPSA) is 420 Å². The van der Waals surface area contributed by atoms with Gasteiger partial charge in [-0.3, -0.25) is 53.5 Å². The lowest BCUT2D eigenvalue weighted by atomic mass is 9.65. The minimum absolute atomic E-state index is 0.00303. The van der Waals surface area contributed by atoms with Crippen LogP contribution in [0.5, 0.6) is 0 Å². The summed E-state index contributed by atoms with van der Waals surface area (Å²) in [5, 5.41) is 22.9. The Bertz CT molecular complexity index is 3740. The Hall–Kier alpha value is -10.3. The van der Waals surface area contributed by atoms with Crippen LogP contribution in [0.1, 0.15) is 205 Å². The molecule has 2 aromatic carbocycles. The Morgan fingerprint density at radius 2 is 0.982 bits per heavy atom. The molecule has 31 heteroatoms. The Balaban J connectivity index is 0.000000768. The van der Waals surface area contributed by atoms with Crippen molar-refractivity contribution in [3.63, 3.8) is 0 Å². The van der Waals surface area contributed by atoms with Crippen molar-refractivity contribution < 1.29 is 105 Å². The number of amides is 4. The first-order chi connectivity index (χ1) is 52.0. The molecule has 0 radical (unpaired) electrons. The number of urea groups is 1. The standard InChI is InChI=1S/C52H74N8O16.C27H40O7/c1-10-51(8,45(67)75-27-16-13-25-73-43(65)38-17-19-39(20-18-38)56-49(70)60-36(4)29-35(3)59-60)33-52(9,46(68)76-28-15-12-24-72-42(64)31-54-37(5)61)32-50(6,7)44(66)74-26-14-11-23-71-41(63)21-22-53-48(69)58-47-55-34(2)30-40(62)57-47;1-5-27(4,25(31)34-19-10-9-17-28)21-26(2,3)24(30)33-20-12-11-18-32-23(29)16-15-22-13-7-6-8-14-22/h17-20,29-30H,10-16,21-28,31-33H2,1-9H3,(H,54,61)(H,56,70)(H3,53,55,57,58,62,69);6-8,13-16,28H,5,9-12,17-21H2,1-4H3. The van der Waals surface area contributed by atoms with Crippen molar-refractivity contribution in [3.8, 4) is 0 Å². The summed E-state index contributed by atoms with van der Waals surface area (Å²) in [5.41, 5.74) is -2.56. The number of ether oxygens (including phenoxy) is 9. The number of hydrogen-bond donors (Lipinski definition) is 6. The maximum absolute atomic E-state index is 14.1. The van der Waals surface area contributed by atoms with Crippen molar-refractivity contribution >= 4 is 89.4 Å². The molecular weight excluding hydrogens is 1430 g/mol. The first-order valence-corrected chi connectivity index (χ1v) is 37.2. The number of aromatic nitrogens is 4. The van der Waals surface area contributed by atoms with Crippen molar-refractivity contribution in [3.05, 3.63) is 111 Å². The molecule has 0 aliphatic rings. The van der Waals surface area contributed by atoms with Crippen LogP contribution in [0.4, 0.5) is 21.2 Å². The van der Waals surface area contributed by atoms with Crippen molar-refractivity contribution in [1.29, 1.82) is 0 Å². The van der Waals surface area contributed by atoms with Gasteiger partial charge in [-0.2, -0.15) is 9.78 Å². The predicted octanol–water partition coefficient (Wildman–Crippen LogP) is 10.5. The first-order valence-electron chi connectivity index (χ1n) is 37.2. The molecule has 4 aromatic rings. The summed E-state index contributed by atoms with van der Waals surface area (Å²) < 4.78 is 50.0. The molecule has 608 valence electrons. The van der Waals surface area contributed by atoms with Crippen LogP contribution >= 0.6 is 0 Å². The maximum Gasteiger partial charge on any atom is 0.346 e. The monoisotopic (exact) mass is 1540 g/mol. The van der Waals surface area contributed by atoms with E-state index in [1.165, 1.54) is 35.9 Å². The second-order valence-corrected chi connectivity index (χ2v) is 28.7. The number of H-pyrrole nitrogens is 1. The summed E-state index contributed by atoms with van der Waals surface area (Å²) in [4.78, 5) is 169. The number of anilines is 2. The number of nitrogens with one attached hydrogen (secondary N) is 5. The molecule has 6 N–H and O–H groups in total. The second-order valence-electron chi connectivity index (χ2n) is 28.7. The zero-order valence-electron chi connectivity index (χ0n) is 66.1. The fraction of sp³-hybridized carbons (Fsp3) is 0.582. The summed E-state index contributed by atoms with van der Waals surface area (Å²) in [6.07, 6.45) is 8.32. The van der Waals surface area contributed by atoms with E-state index in [1.807, 2.05) is 37.3 Å². The van der Waals surface area contributed by atoms with Crippen molar-refractivity contribution in [2.24, 2.45) is 27.1 Å². The quantitative estimate of drug-likeness (QED) is 0.0104. The molecule has 4 amide bonds. The largest absolute Gasteiger partial charge is 0.466 e. The highest BCUT2D eigenvalue weighted by Gasteiger charge is 2.50. The van der Waals surface area contributed by atoms with Crippen LogP contribution in [0.15, 0.2) is 77.6 Å². The number of carbonyl (C=O) groups is 12. The number of aromatic amines is 1. The van der Waals surface area contributed by atoms with Crippen LogP contribution in [0.3, 0.4) is 0 Å². The molecule has 2 heterocycles. The van der Waals surface area contributed by atoms with Crippen LogP contribution in [0.2, 0.25) is 0 Å². The highest BCUT2D eigenvalue weighted by Crippen LogP contribution is 2.46. The highest BCUT2D eigenvalue weighted by molar-refractivity contribution is 5.93. The van der Waals surface area contributed by atoms with E-state index in [2.05, 4.69) is 36.3 Å². The summed E-state index contributed by atoms with van der Waals surface area (Å²) in [6, 6.07) is 17.6. The van der Waals surface area contributed by atoms with Gasteiger partial charge in [-0.25, -0.2) is 24.2 Å². The van der Waals surface area contributed by atoms with E-state index in [4.69, 9.17) is 47.7 Å². The number of aliphatic hydroxyl groups is 1. The average molecular weight is 1540 g/mol. The Morgan fingerprint density at radius 1 is 0.518 bits per heavy atom. The summed E-state index contributed by atoms with van der Waals surface area (Å²) in [7, 11) is 0. The van der Waals surface area contributed by atoms with Crippen LogP contribution < -0.4 is 26.8 Å². The Kier molecular flexibility index (Phi) is 41.2. The van der Waals surface area contributed by atoms with Gasteiger partial charge in [0, 0.05) is 49.3 Å². The van der Waals surface area contributed by atoms with Crippen LogP contribution in [-0.2, 0) is 85.8 Å². The lowest BCUT2D eigenvalue weighted by Crippen LogP contribution is -2.44. The third kappa shape index (κ3) is 35.8. The number of benzene rings is 2. The van der Waals surface area contributed by atoms with E-state index >= 15 is 0 Å². The number of aliphatic hydroxyl groups excluding tert-OH is 1. The van der Waals surface area contributed by atoms with Gasteiger partial charge < -0.3 is 63.7 Å². The van der Waals surface area contributed by atoms with E-state index in [1.54, 1.807) is 100 Å². The van der Waals surface area contributed by atoms with Crippen LogP contribution in [-0.4, -0.2) is 176 Å². The van der Waals surface area contributed by atoms with Gasteiger partial charge in [0.15, 0.2) is 0 Å². The van der Waals surface area contributed by atoms with Gasteiger partial charge in [0.2, 0.25) is 11.9 Å². The van der Waals surface area contributed by atoms with E-state index in [9.17, 15) is 62.3 Å². The van der Waals surface area contributed by atoms with Crippen molar-refractivity contribution in [2.45, 2.75) is 193 Å². The van der Waals surface area contributed by atoms with E-state index in [0.717, 1.165) is 5.56 Å². The van der Waals surface area contributed by atoms with Gasteiger partial charge in [0.05, 0.1) is 104 Å². The molecule has 4 rings (SSSR count). The normalized spacial score (nSPS) is 12.9. The number of hydrogen-bond acceptors (Lipinski definition) is 25. The van der Waals surface area contributed by atoms with Crippen molar-refractivity contribution in [2.75, 3.05) is 89.8 Å². The maximum atomic E-state index is 14.1. The predicted molar refractivity (Wildman–Crippen MR) is 405 cm³/mol. The van der Waals surface area contributed by atoms with Crippen LogP contribution in [0.25, 0.3) is 6.08 Å². The SMILES string of the molecule is CCC(C)(CC(C)(C)C(=O)OCCCCOC(=O)C=Cc1ccccc1)C(=O)OCCCCO.CCC(C)(CC(C)(CC(C)(C)C(=O)OCCCCOC(=O)CCNC(=O)Nc1nc(C)cc(=O)[nH]1)C(=O)OCCCCOC(=O)CNC(C)=O)C(=O)OCCCCOC(=O)c1ccc(NC(=O)n2nc(C)cc2C)cc1. The summed E-state index contributed by atoms with van der Waals surface area (Å²) in [5.74, 6) is -5.16. The number of esters is 9. The van der Waals surface area contributed by atoms with Gasteiger partial charge >= 0.3 is 65.8 Å². The molecule has 0 aliphatic heterocycles. The second kappa shape index (κ2) is 48.3. The number of unbranched alkanes of at least 4 members (excludes halogenated alkanes) is 5. The molecule has 110 heavy (non-hydrogen) atoms. The Morgan fingerprint density at radius 3 is 1.47 bits per heavy atom. The fourth-order valence-electron chi connectivity index (χ4n) is 11.3. The molecule has 2 aromatic heterocycles. The summed E-state index contributed by atoms with van der Waals surface area (Å²) >= 11 is 0. The lowest BCUT2D eigenvalue weighted by Gasteiger charge is -2.39. The summed E-state index contributed by atoms with van der Waals surface area (Å²) in [6.45, 7) is 22.4. The van der Waals surface area contributed by atoms with Gasteiger partial charge in [0.1, 0.15) is 6.54 Å². The third-order valence-electron chi connectivity index (χ3n) is 17.4. The molecular formula is C79H114N8O23. The average Bonchev–Trinajstić information content (AvgIpc) is 0.959. The third-order valence-corrected chi connectivity index (χ3v) is 17.4. The molecule has 0 fully saturated rings. The van der Waals surface area contributed by atoms with E-state index < -0.39 is 86.5 Å². The first kappa shape index (κ1) is 93.9. The highest BCUT2D eigenvalue weighted by atomic mass is 16.6. The molecule has 3 atom stereocenters. The molecule has 0 bridgehead atoms. The van der Waals surface area contributed by atoms with Gasteiger partial charge in [-0.1, -0.05) is 44.2 Å². The molecule has 31 nitrogen and oxygen atoms in total. The van der Waals surface area contributed by atoms with Gasteiger partial charge in [-0.15, -0.1) is 0 Å². The van der Waals surface area contributed by atoms with E-state index in [-0.39, 0.29) is 134 Å². The van der Waals surface area contributed by atoms with Crippen molar-refractivity contribution in [1.82, 2.24) is 30.4 Å². The molecule has 0 saturated heterocycles. The lowest BCUT2D eigenvalue weighted by molar-refractivity contribution is -0.169. The molecule has 0 spiro atoms. The molecule has 3 unspecified atom stereocenters. The zero-order chi connectivity index (χ0) is 81.9. The minimum atomic E-state index is -1.42. The van der Waals surface area contributed by atoms with Crippen LogP contribution in [0, 0.1) is 47.8 Å². The minimum Gasteiger partial charge on any atom is -0.466 e. The Labute approximate surface area is 643 Å². The van der Waals surface area contributed by atoms with E-state index in [0.29, 0.717) is 99.8 Å². The molecule has 0 aliphatic carbocycles. The number of rotatable bonds is 47. The molecule has 0 saturated carbocycles. The smallest absolute Gasteiger partial charge is 0.346 e. The fourth-order valence-corrected chi connectivity index (χ4v) is 11.3. The number of carbonyl (C=O) groups excluding carboxylic acids is 12.